The highest BCUT2D eigenvalue weighted by atomic mass is 127. The lowest BCUT2D eigenvalue weighted by atomic mass is 10.1. The van der Waals surface area contributed by atoms with Crippen molar-refractivity contribution in [2.24, 2.45) is 5.92 Å². The van der Waals surface area contributed by atoms with Crippen LogP contribution in [-0.4, -0.2) is 34.9 Å². The van der Waals surface area contributed by atoms with Gasteiger partial charge in [0.15, 0.2) is 5.92 Å². The van der Waals surface area contributed by atoms with Crippen LogP contribution in [0.25, 0.3) is 0 Å². The molecule has 0 aromatic heterocycles. The van der Waals surface area contributed by atoms with Crippen LogP contribution in [0.4, 0.5) is 13.2 Å². The number of carboxylic acids is 1. The quantitative estimate of drug-likeness (QED) is 0.463. The first-order valence-corrected chi connectivity index (χ1v) is 7.34. The molecule has 0 fully saturated rings. The van der Waals surface area contributed by atoms with E-state index in [0.717, 1.165) is 0 Å². The second kappa shape index (κ2) is 6.98. The topological polar surface area (TPSA) is 83.8 Å². The number of carboxylic acid groups (broad SMARTS) is 1. The van der Waals surface area contributed by atoms with E-state index in [0.29, 0.717) is 7.14 Å². The van der Waals surface area contributed by atoms with Crippen molar-refractivity contribution in [1.82, 2.24) is 0 Å². The van der Waals surface area contributed by atoms with Crippen LogP contribution in [0.5, 0.6) is 5.75 Å². The fourth-order valence-electron chi connectivity index (χ4n) is 1.26. The fourth-order valence-corrected chi connectivity index (χ4v) is 3.11. The van der Waals surface area contributed by atoms with Crippen LogP contribution in [0.1, 0.15) is 10.4 Å². The first kappa shape index (κ1) is 18.3. The number of alkyl halides is 3. The molecule has 10 heteroatoms. The monoisotopic (exact) mass is 530 g/mol. The largest absolute Gasteiger partial charge is 0.506 e. The minimum Gasteiger partial charge on any atom is -0.506 e. The third-order valence-electron chi connectivity index (χ3n) is 2.32. The van der Waals surface area contributed by atoms with Gasteiger partial charge in [-0.2, -0.15) is 13.2 Å². The Bertz CT molecular complexity index is 574. The van der Waals surface area contributed by atoms with Gasteiger partial charge >= 0.3 is 18.1 Å². The van der Waals surface area contributed by atoms with Crippen LogP contribution < -0.4 is 0 Å². The summed E-state index contributed by atoms with van der Waals surface area (Å²) in [6, 6.07) is 2.77. The van der Waals surface area contributed by atoms with Gasteiger partial charge in [0, 0.05) is 3.57 Å². The lowest BCUT2D eigenvalue weighted by Crippen LogP contribution is -2.35. The second-order valence-electron chi connectivity index (χ2n) is 3.81. The molecule has 1 atom stereocenters. The summed E-state index contributed by atoms with van der Waals surface area (Å²) in [4.78, 5) is 22.2. The minimum absolute atomic E-state index is 0.317. The molecule has 0 heterocycles. The number of carbonyl (C=O) groups excluding carboxylic acids is 1. The number of aromatic hydroxyl groups is 1. The summed E-state index contributed by atoms with van der Waals surface area (Å²) in [5.41, 5.74) is -0.322. The highest BCUT2D eigenvalue weighted by Gasteiger charge is 2.46. The smallest absolute Gasteiger partial charge is 0.405 e. The normalized spacial score (nSPS) is 12.8. The van der Waals surface area contributed by atoms with Crippen LogP contribution in [0.2, 0.25) is 0 Å². The second-order valence-corrected chi connectivity index (χ2v) is 6.22. The number of esters is 1. The Hall–Kier alpha value is -0.790. The standard InChI is InChI=1S/C11H7F3I2O5/c12-11(13,14)6(9(18)19)3-21-10(20)5-1-4(15)2-7(16)8(5)17/h1-2,6,17H,3H2,(H,18,19). The summed E-state index contributed by atoms with van der Waals surface area (Å²) in [5, 5.41) is 18.1. The average molecular weight is 530 g/mol. The molecule has 21 heavy (non-hydrogen) atoms. The first-order chi connectivity index (χ1) is 9.54. The number of phenols is 1. The third-order valence-corrected chi connectivity index (χ3v) is 3.77. The predicted molar refractivity (Wildman–Crippen MR) is 81.0 cm³/mol. The SMILES string of the molecule is O=C(OCC(C(=O)O)C(F)(F)F)c1cc(I)cc(I)c1O. The van der Waals surface area contributed by atoms with Gasteiger partial charge in [-0.1, -0.05) is 0 Å². The van der Waals surface area contributed by atoms with Crippen LogP contribution in [0, 0.1) is 13.1 Å². The zero-order valence-electron chi connectivity index (χ0n) is 9.95. The first-order valence-electron chi connectivity index (χ1n) is 5.18. The van der Waals surface area contributed by atoms with E-state index in [1.807, 2.05) is 22.6 Å². The molecule has 0 bridgehead atoms. The molecule has 1 aromatic rings. The van der Waals surface area contributed by atoms with Crippen molar-refractivity contribution in [3.05, 3.63) is 24.8 Å². The van der Waals surface area contributed by atoms with Crippen LogP contribution in [-0.2, 0) is 9.53 Å². The molecule has 0 aliphatic carbocycles. The van der Waals surface area contributed by atoms with Gasteiger partial charge in [-0.3, -0.25) is 4.79 Å². The molecular formula is C11H7F3I2O5. The Labute approximate surface area is 143 Å². The maximum atomic E-state index is 12.4. The van der Waals surface area contributed by atoms with Gasteiger partial charge in [0.25, 0.3) is 0 Å². The van der Waals surface area contributed by atoms with Crippen LogP contribution in [0.15, 0.2) is 12.1 Å². The van der Waals surface area contributed by atoms with E-state index in [1.54, 1.807) is 28.7 Å². The number of hydrogen-bond acceptors (Lipinski definition) is 4. The molecule has 1 rings (SSSR count). The average Bonchev–Trinajstić information content (AvgIpc) is 2.31. The Morgan fingerprint density at radius 1 is 1.29 bits per heavy atom. The number of hydrogen-bond donors (Lipinski definition) is 2. The highest BCUT2D eigenvalue weighted by Crippen LogP contribution is 2.29. The summed E-state index contributed by atoms with van der Waals surface area (Å²) in [6.07, 6.45) is -5.03. The highest BCUT2D eigenvalue weighted by molar-refractivity contribution is 14.1. The lowest BCUT2D eigenvalue weighted by molar-refractivity contribution is -0.199. The summed E-state index contributed by atoms with van der Waals surface area (Å²) in [6.45, 7) is -1.36. The summed E-state index contributed by atoms with van der Waals surface area (Å²) in [7, 11) is 0. The molecule has 1 aromatic carbocycles. The van der Waals surface area contributed by atoms with Gasteiger partial charge in [-0.05, 0) is 57.3 Å². The zero-order chi connectivity index (χ0) is 16.4. The van der Waals surface area contributed by atoms with Gasteiger partial charge in [0.2, 0.25) is 0 Å². The number of aliphatic carboxylic acids is 1. The van der Waals surface area contributed by atoms with Gasteiger partial charge in [0.05, 0.1) is 3.57 Å². The molecule has 0 radical (unpaired) electrons. The number of ether oxygens (including phenoxy) is 1. The van der Waals surface area contributed by atoms with E-state index in [1.165, 1.54) is 6.07 Å². The molecule has 0 saturated heterocycles. The Morgan fingerprint density at radius 3 is 2.33 bits per heavy atom. The number of benzene rings is 1. The summed E-state index contributed by atoms with van der Waals surface area (Å²) < 4.78 is 42.5. The van der Waals surface area contributed by atoms with Crippen molar-refractivity contribution < 1.29 is 37.7 Å². The fraction of sp³-hybridized carbons (Fsp3) is 0.273. The van der Waals surface area contributed by atoms with Crippen molar-refractivity contribution in [2.75, 3.05) is 6.61 Å². The van der Waals surface area contributed by atoms with Crippen molar-refractivity contribution in [2.45, 2.75) is 6.18 Å². The van der Waals surface area contributed by atoms with Crippen molar-refractivity contribution >= 4 is 57.1 Å². The van der Waals surface area contributed by atoms with E-state index in [2.05, 4.69) is 4.74 Å². The Kier molecular flexibility index (Phi) is 6.07. The summed E-state index contributed by atoms with van der Waals surface area (Å²) >= 11 is 3.59. The number of phenolic OH excluding ortho intramolecular Hbond substituents is 1. The summed E-state index contributed by atoms with van der Waals surface area (Å²) in [5.74, 6) is -6.61. The number of rotatable bonds is 4. The Balaban J connectivity index is 2.90. The molecule has 0 amide bonds. The van der Waals surface area contributed by atoms with E-state index in [9.17, 15) is 27.9 Å². The molecule has 0 aliphatic rings. The maximum Gasteiger partial charge on any atom is 0.405 e. The Morgan fingerprint density at radius 2 is 1.86 bits per heavy atom. The van der Waals surface area contributed by atoms with Gasteiger partial charge in [-0.25, -0.2) is 4.79 Å². The molecule has 0 spiro atoms. The third kappa shape index (κ3) is 4.86. The van der Waals surface area contributed by atoms with Gasteiger partial charge in [0.1, 0.15) is 17.9 Å². The van der Waals surface area contributed by atoms with Gasteiger partial charge < -0.3 is 14.9 Å². The molecule has 1 unspecified atom stereocenters. The van der Waals surface area contributed by atoms with Gasteiger partial charge in [-0.15, -0.1) is 0 Å². The molecule has 0 aliphatic heterocycles. The van der Waals surface area contributed by atoms with Crippen molar-refractivity contribution in [1.29, 1.82) is 0 Å². The number of carbonyl (C=O) groups is 2. The molecule has 2 N–H and O–H groups in total. The van der Waals surface area contributed by atoms with Crippen molar-refractivity contribution in [3.63, 3.8) is 0 Å². The van der Waals surface area contributed by atoms with Crippen LogP contribution in [0.3, 0.4) is 0 Å². The number of halogens is 5. The molecule has 116 valence electrons. The molecular weight excluding hydrogens is 523 g/mol. The van der Waals surface area contributed by atoms with E-state index in [4.69, 9.17) is 5.11 Å². The zero-order valence-corrected chi connectivity index (χ0v) is 14.3. The maximum absolute atomic E-state index is 12.4. The predicted octanol–water partition coefficient (Wildman–Crippen LogP) is 3.02. The molecule has 0 saturated carbocycles. The van der Waals surface area contributed by atoms with E-state index >= 15 is 0 Å². The van der Waals surface area contributed by atoms with E-state index in [-0.39, 0.29) is 5.56 Å². The van der Waals surface area contributed by atoms with Crippen molar-refractivity contribution in [3.8, 4) is 5.75 Å². The lowest BCUT2D eigenvalue weighted by Gasteiger charge is -2.16. The van der Waals surface area contributed by atoms with Crippen LogP contribution >= 0.6 is 45.2 Å². The minimum atomic E-state index is -5.03. The van der Waals surface area contributed by atoms with E-state index < -0.39 is 36.4 Å². The molecule has 5 nitrogen and oxygen atoms in total.